The van der Waals surface area contributed by atoms with E-state index in [4.69, 9.17) is 9.05 Å². The van der Waals surface area contributed by atoms with Crippen molar-refractivity contribution in [3.63, 3.8) is 0 Å². The molecule has 0 spiro atoms. The molecule has 10 N–H and O–H groups in total. The summed E-state index contributed by atoms with van der Waals surface area (Å²) in [6, 6.07) is 0.440. The van der Waals surface area contributed by atoms with E-state index in [0.717, 1.165) is 50.0 Å². The zero-order chi connectivity index (χ0) is 41.3. The number of phosphoric acid groups is 2. The third-order valence-corrected chi connectivity index (χ3v) is 15.0. The van der Waals surface area contributed by atoms with Crippen LogP contribution in [-0.4, -0.2) is 129 Å². The van der Waals surface area contributed by atoms with Crippen LogP contribution in [0.25, 0.3) is 0 Å². The molecule has 4 heterocycles. The van der Waals surface area contributed by atoms with Crippen LogP contribution in [0.4, 0.5) is 9.59 Å². The molecule has 0 aromatic carbocycles. The van der Waals surface area contributed by atoms with Crippen LogP contribution < -0.4 is 31.9 Å². The minimum Gasteiger partial charge on any atom is -0.396 e. The number of amides is 6. The molecule has 0 radical (unpaired) electrons. The second kappa shape index (κ2) is 24.6. The van der Waals surface area contributed by atoms with E-state index in [1.165, 1.54) is 0 Å². The minimum atomic E-state index is -4.80. The number of carbonyl (C=O) groups excluding carboxylic acids is 4. The van der Waals surface area contributed by atoms with Gasteiger partial charge in [-0.15, -0.1) is 0 Å². The van der Waals surface area contributed by atoms with Gasteiger partial charge in [0, 0.05) is 66.4 Å². The summed E-state index contributed by atoms with van der Waals surface area (Å²) < 4.78 is 38.8. The van der Waals surface area contributed by atoms with Crippen LogP contribution >= 0.6 is 39.2 Å². The third kappa shape index (κ3) is 18.3. The lowest BCUT2D eigenvalue weighted by atomic mass is 10.0. The fourth-order valence-electron chi connectivity index (χ4n) is 7.38. The number of thioether (sulfide) groups is 2. The van der Waals surface area contributed by atoms with Gasteiger partial charge in [-0.25, -0.2) is 18.7 Å². The van der Waals surface area contributed by atoms with Crippen LogP contribution in [0.3, 0.4) is 0 Å². The first-order valence-corrected chi connectivity index (χ1v) is 25.2. The number of phosphoric ester groups is 2. The summed E-state index contributed by atoms with van der Waals surface area (Å²) >= 11 is 3.69. The van der Waals surface area contributed by atoms with Crippen molar-refractivity contribution in [3.05, 3.63) is 0 Å². The molecule has 9 atom stereocenters. The summed E-state index contributed by atoms with van der Waals surface area (Å²) in [5.74, 6) is 0.590. The molecule has 0 aromatic heterocycles. The Kier molecular flexibility index (Phi) is 20.7. The van der Waals surface area contributed by atoms with Gasteiger partial charge in [-0.1, -0.05) is 25.7 Å². The molecule has 6 amide bonds. The normalized spacial score (nSPS) is 26.0. The van der Waals surface area contributed by atoms with Crippen LogP contribution in [0.5, 0.6) is 0 Å². The van der Waals surface area contributed by atoms with Gasteiger partial charge in [-0.3, -0.25) is 23.2 Å². The molecule has 23 heteroatoms. The van der Waals surface area contributed by atoms with Gasteiger partial charge < -0.3 is 51.7 Å². The number of nitrogens with one attached hydrogen (secondary N) is 6. The predicted molar refractivity (Wildman–Crippen MR) is 215 cm³/mol. The van der Waals surface area contributed by atoms with Crippen LogP contribution in [0.15, 0.2) is 0 Å². The summed E-state index contributed by atoms with van der Waals surface area (Å²) in [5.41, 5.74) is 0. The molecule has 328 valence electrons. The molecule has 0 aliphatic carbocycles. The van der Waals surface area contributed by atoms with Crippen LogP contribution in [-0.2, 0) is 32.3 Å². The number of rotatable bonds is 30. The lowest BCUT2D eigenvalue weighted by molar-refractivity contribution is -0.122. The molecule has 9 unspecified atom stereocenters. The maximum absolute atomic E-state index is 12.6. The summed E-state index contributed by atoms with van der Waals surface area (Å²) in [7, 11) is -9.37. The Morgan fingerprint density at radius 3 is 1.60 bits per heavy atom. The van der Waals surface area contributed by atoms with Gasteiger partial charge >= 0.3 is 27.7 Å². The number of hydrogen-bond acceptors (Lipinski definition) is 12. The van der Waals surface area contributed by atoms with Crippen molar-refractivity contribution >= 4 is 63.0 Å². The average molecular weight is 889 g/mol. The summed E-state index contributed by atoms with van der Waals surface area (Å²) in [5, 5.41) is 28.1. The van der Waals surface area contributed by atoms with Gasteiger partial charge in [0.05, 0.1) is 44.0 Å². The third-order valence-electron chi connectivity index (χ3n) is 10.6. The number of urea groups is 2. The number of carbonyl (C=O) groups is 4. The number of aliphatic hydroxyl groups excluding tert-OH is 1. The van der Waals surface area contributed by atoms with Crippen molar-refractivity contribution in [1.29, 1.82) is 0 Å². The van der Waals surface area contributed by atoms with E-state index in [9.17, 15) is 48.1 Å². The van der Waals surface area contributed by atoms with Crippen molar-refractivity contribution in [1.82, 2.24) is 31.9 Å². The van der Waals surface area contributed by atoms with Gasteiger partial charge in [-0.05, 0) is 51.4 Å². The molecule has 4 aliphatic heterocycles. The van der Waals surface area contributed by atoms with Crippen molar-refractivity contribution in [3.8, 4) is 0 Å². The first-order valence-electron chi connectivity index (χ1n) is 20.0. The minimum absolute atomic E-state index is 0.0327. The van der Waals surface area contributed by atoms with Gasteiger partial charge in [0.2, 0.25) is 11.8 Å². The van der Waals surface area contributed by atoms with E-state index < -0.39 is 34.1 Å². The highest BCUT2D eigenvalue weighted by Gasteiger charge is 2.43. The van der Waals surface area contributed by atoms with Crippen LogP contribution in [0.1, 0.15) is 89.9 Å². The van der Waals surface area contributed by atoms with Crippen LogP contribution in [0.2, 0.25) is 0 Å². The summed E-state index contributed by atoms with van der Waals surface area (Å²) in [6.07, 6.45) is 9.10. The van der Waals surface area contributed by atoms with Crippen molar-refractivity contribution in [2.45, 2.75) is 125 Å². The van der Waals surface area contributed by atoms with Gasteiger partial charge in [0.15, 0.2) is 0 Å². The zero-order valence-corrected chi connectivity index (χ0v) is 35.8. The number of aliphatic hydroxyl groups is 1. The van der Waals surface area contributed by atoms with Gasteiger partial charge in [-0.2, -0.15) is 23.5 Å². The Balaban J connectivity index is 1.01. The Morgan fingerprint density at radius 2 is 1.12 bits per heavy atom. The first kappa shape index (κ1) is 48.0. The Labute approximate surface area is 343 Å². The molecule has 4 fully saturated rings. The largest absolute Gasteiger partial charge is 0.472 e. The van der Waals surface area contributed by atoms with E-state index in [1.807, 2.05) is 23.5 Å². The highest BCUT2D eigenvalue weighted by atomic mass is 32.2. The maximum Gasteiger partial charge on any atom is 0.472 e. The number of unbranched alkanes of at least 4 members (excludes halogenated alkanes) is 4. The molecule has 57 heavy (non-hydrogen) atoms. The van der Waals surface area contributed by atoms with Crippen LogP contribution in [0, 0.1) is 11.8 Å². The topological polar surface area (TPSA) is 283 Å². The van der Waals surface area contributed by atoms with Crippen molar-refractivity contribution in [2.24, 2.45) is 11.8 Å². The maximum atomic E-state index is 12.6. The average Bonchev–Trinajstić information content (AvgIpc) is 3.92. The standard InChI is InChI=1S/C34H62N6O13P2S2/c41-17-23(9-5-7-15-35-29(42)13-3-1-11-27-31-25(21-56-27)37-33(44)39-31)18-52-55(49,50)53-20-24(19-51-54(46,47)48)10-6-8-16-36-30(43)14-4-2-12-28-32-26(22-57-28)38-34(45)40-32/h23-28,31-32,41H,1-22H2,(H,35,42)(H,36,43)(H,49,50)(H2,37,39,44)(H2,38,40,45)(H2,46,47,48). The molecule has 0 aromatic rings. The molecule has 0 saturated carbocycles. The quantitative estimate of drug-likeness (QED) is 0.0282. The molecule has 0 bridgehead atoms. The molecular formula is C34H62N6O13P2S2. The summed E-state index contributed by atoms with van der Waals surface area (Å²) in [6.45, 7) is -0.484. The predicted octanol–water partition coefficient (Wildman–Crippen LogP) is 2.48. The molecule has 4 aliphatic rings. The second-order valence-corrected chi connectivity index (χ2v) is 20.4. The lowest BCUT2D eigenvalue weighted by Gasteiger charge is -2.21. The highest BCUT2D eigenvalue weighted by molar-refractivity contribution is 8.00. The Bertz CT molecular complexity index is 1400. The molecular weight excluding hydrogens is 826 g/mol. The summed E-state index contributed by atoms with van der Waals surface area (Å²) in [4.78, 5) is 76.3. The van der Waals surface area contributed by atoms with E-state index >= 15 is 0 Å². The molecule has 4 rings (SSSR count). The first-order chi connectivity index (χ1) is 27.2. The number of fused-ring (bicyclic) bond motifs is 2. The zero-order valence-electron chi connectivity index (χ0n) is 32.3. The monoisotopic (exact) mass is 888 g/mol. The fraction of sp³-hybridized carbons (Fsp3) is 0.882. The van der Waals surface area contributed by atoms with Gasteiger partial charge in [0.25, 0.3) is 0 Å². The smallest absolute Gasteiger partial charge is 0.396 e. The van der Waals surface area contributed by atoms with E-state index in [1.54, 1.807) is 0 Å². The Morgan fingerprint density at radius 1 is 0.667 bits per heavy atom. The number of hydrogen-bond donors (Lipinski definition) is 10. The van der Waals surface area contributed by atoms with Gasteiger partial charge in [0.1, 0.15) is 0 Å². The molecule has 4 saturated heterocycles. The Hall–Kier alpha value is -1.64. The lowest BCUT2D eigenvalue weighted by Crippen LogP contribution is -2.36. The van der Waals surface area contributed by atoms with Crippen molar-refractivity contribution < 1.29 is 61.7 Å². The SMILES string of the molecule is O=C(CCCCC1SCC2NC(=O)NC21)NCCCCC(CO)COP(=O)(O)OCC(CCCCNC(=O)CCCCC1SCC2NC(=O)NC21)COP(=O)(O)O. The van der Waals surface area contributed by atoms with E-state index in [-0.39, 0.29) is 67.9 Å². The highest BCUT2D eigenvalue weighted by Crippen LogP contribution is 2.45. The molecule has 19 nitrogen and oxygen atoms in total. The van der Waals surface area contributed by atoms with E-state index in [0.29, 0.717) is 75.0 Å². The second-order valence-electron chi connectivity index (χ2n) is 15.2. The van der Waals surface area contributed by atoms with E-state index in [2.05, 4.69) is 36.4 Å². The van der Waals surface area contributed by atoms with Crippen molar-refractivity contribution in [2.75, 3.05) is 51.0 Å². The fourth-order valence-corrected chi connectivity index (χ4v) is 11.7.